The molecule has 0 saturated heterocycles. The minimum absolute atomic E-state index is 0.0427. The number of rotatable bonds is 7. The molecule has 0 aliphatic rings. The molecule has 11 heteroatoms. The van der Waals surface area contributed by atoms with E-state index >= 15 is 0 Å². The number of hydrogen-bond acceptors (Lipinski definition) is 5. The highest BCUT2D eigenvalue weighted by Gasteiger charge is 2.26. The minimum atomic E-state index is -3.94. The van der Waals surface area contributed by atoms with E-state index in [-0.39, 0.29) is 17.2 Å². The van der Waals surface area contributed by atoms with Crippen molar-refractivity contribution < 1.29 is 21.9 Å². The Morgan fingerprint density at radius 1 is 1.08 bits per heavy atom. The molecule has 3 heterocycles. The standard InChI is InChI=1S/C27H25F2N5O3S/c1-16-26(17(2)34(32-16)15-18-9-19(28)11-20(29)10-18)23-14-31-27-22(23)12-21(13-30-27)33(3)38(35,36)25-8-6-5-7-24(25)37-4/h5-14H,15H2,1-4H3,(H,30,31). The second kappa shape index (κ2) is 9.56. The third-order valence-corrected chi connectivity index (χ3v) is 8.32. The molecule has 0 spiro atoms. The molecule has 196 valence electrons. The Morgan fingerprint density at radius 3 is 2.50 bits per heavy atom. The summed E-state index contributed by atoms with van der Waals surface area (Å²) in [4.78, 5) is 7.63. The average Bonchev–Trinajstić information content (AvgIpc) is 3.41. The topological polar surface area (TPSA) is 93.1 Å². The summed E-state index contributed by atoms with van der Waals surface area (Å²) >= 11 is 0. The van der Waals surface area contributed by atoms with E-state index in [1.54, 1.807) is 35.1 Å². The van der Waals surface area contributed by atoms with Crippen molar-refractivity contribution in [2.75, 3.05) is 18.5 Å². The zero-order chi connectivity index (χ0) is 27.2. The van der Waals surface area contributed by atoms with Crippen molar-refractivity contribution in [2.24, 2.45) is 0 Å². The summed E-state index contributed by atoms with van der Waals surface area (Å²) in [5, 5.41) is 5.30. The van der Waals surface area contributed by atoms with Gasteiger partial charge in [-0.2, -0.15) is 5.10 Å². The molecular weight excluding hydrogens is 512 g/mol. The maximum absolute atomic E-state index is 13.7. The van der Waals surface area contributed by atoms with E-state index in [1.807, 2.05) is 13.8 Å². The molecular formula is C27H25F2N5O3S. The molecule has 0 aliphatic heterocycles. The lowest BCUT2D eigenvalue weighted by molar-refractivity contribution is 0.402. The van der Waals surface area contributed by atoms with Crippen molar-refractivity contribution in [3.8, 4) is 16.9 Å². The average molecular weight is 538 g/mol. The molecule has 3 aromatic heterocycles. The number of anilines is 1. The van der Waals surface area contributed by atoms with Crippen molar-refractivity contribution in [1.82, 2.24) is 19.7 Å². The van der Waals surface area contributed by atoms with Gasteiger partial charge < -0.3 is 9.72 Å². The third kappa shape index (κ3) is 4.38. The fourth-order valence-corrected chi connectivity index (χ4v) is 5.93. The lowest BCUT2D eigenvalue weighted by Gasteiger charge is -2.20. The number of fused-ring (bicyclic) bond motifs is 1. The van der Waals surface area contributed by atoms with Crippen molar-refractivity contribution >= 4 is 26.7 Å². The van der Waals surface area contributed by atoms with Crippen LogP contribution in [0.4, 0.5) is 14.5 Å². The molecule has 0 amide bonds. The van der Waals surface area contributed by atoms with Crippen molar-refractivity contribution in [3.63, 3.8) is 0 Å². The predicted octanol–water partition coefficient (Wildman–Crippen LogP) is 5.20. The number of pyridine rings is 1. The highest BCUT2D eigenvalue weighted by molar-refractivity contribution is 7.92. The van der Waals surface area contributed by atoms with Gasteiger partial charge in [-0.15, -0.1) is 0 Å². The summed E-state index contributed by atoms with van der Waals surface area (Å²) in [5.74, 6) is -1.05. The van der Waals surface area contributed by atoms with Gasteiger partial charge in [0.2, 0.25) is 0 Å². The van der Waals surface area contributed by atoms with Crippen LogP contribution in [0.1, 0.15) is 17.0 Å². The van der Waals surface area contributed by atoms with E-state index in [0.29, 0.717) is 28.0 Å². The lowest BCUT2D eigenvalue weighted by Crippen LogP contribution is -2.27. The Hall–Kier alpha value is -4.25. The third-order valence-electron chi connectivity index (χ3n) is 6.49. The van der Waals surface area contributed by atoms with E-state index in [0.717, 1.165) is 27.2 Å². The van der Waals surface area contributed by atoms with Crippen LogP contribution < -0.4 is 9.04 Å². The van der Waals surface area contributed by atoms with Crippen LogP contribution in [-0.2, 0) is 16.6 Å². The van der Waals surface area contributed by atoms with Crippen molar-refractivity contribution in [1.29, 1.82) is 0 Å². The van der Waals surface area contributed by atoms with E-state index in [1.165, 1.54) is 38.6 Å². The smallest absolute Gasteiger partial charge is 0.267 e. The van der Waals surface area contributed by atoms with Crippen molar-refractivity contribution in [3.05, 3.63) is 89.5 Å². The summed E-state index contributed by atoms with van der Waals surface area (Å²) in [6.07, 6.45) is 3.27. The van der Waals surface area contributed by atoms with Gasteiger partial charge in [0.15, 0.2) is 0 Å². The Morgan fingerprint density at radius 2 is 1.79 bits per heavy atom. The van der Waals surface area contributed by atoms with Gasteiger partial charge in [0.1, 0.15) is 27.9 Å². The molecule has 38 heavy (non-hydrogen) atoms. The molecule has 0 unspecified atom stereocenters. The number of ether oxygens (including phenoxy) is 1. The van der Waals surface area contributed by atoms with Crippen LogP contribution >= 0.6 is 0 Å². The van der Waals surface area contributed by atoms with E-state index in [4.69, 9.17) is 4.74 Å². The SMILES string of the molecule is COc1ccccc1S(=O)(=O)N(C)c1cnc2[nH]cc(-c3c(C)nn(Cc4cc(F)cc(F)c4)c3C)c2c1. The molecule has 0 bridgehead atoms. The quantitative estimate of drug-likeness (QED) is 0.308. The molecule has 0 aliphatic carbocycles. The van der Waals surface area contributed by atoms with Crippen LogP contribution in [-0.4, -0.2) is 42.3 Å². The van der Waals surface area contributed by atoms with Crippen molar-refractivity contribution in [2.45, 2.75) is 25.3 Å². The monoisotopic (exact) mass is 537 g/mol. The van der Waals surface area contributed by atoms with E-state index in [2.05, 4.69) is 15.1 Å². The number of H-pyrrole nitrogens is 1. The molecule has 2 aromatic carbocycles. The first-order valence-electron chi connectivity index (χ1n) is 11.7. The highest BCUT2D eigenvalue weighted by Crippen LogP contribution is 2.36. The van der Waals surface area contributed by atoms with Gasteiger partial charge >= 0.3 is 0 Å². The number of aryl methyl sites for hydroxylation is 1. The largest absolute Gasteiger partial charge is 0.495 e. The highest BCUT2D eigenvalue weighted by atomic mass is 32.2. The second-order valence-electron chi connectivity index (χ2n) is 8.90. The summed E-state index contributed by atoms with van der Waals surface area (Å²) in [6, 6.07) is 11.6. The van der Waals surface area contributed by atoms with Gasteiger partial charge in [0.25, 0.3) is 10.0 Å². The Bertz CT molecular complexity index is 1760. The maximum atomic E-state index is 13.7. The molecule has 1 N–H and O–H groups in total. The van der Waals surface area contributed by atoms with Gasteiger partial charge in [-0.3, -0.25) is 8.99 Å². The van der Waals surface area contributed by atoms with Gasteiger partial charge in [-0.25, -0.2) is 22.2 Å². The second-order valence-corrected chi connectivity index (χ2v) is 10.8. The van der Waals surface area contributed by atoms with Crippen LogP contribution in [0.3, 0.4) is 0 Å². The number of methoxy groups -OCH3 is 1. The molecule has 0 saturated carbocycles. The predicted molar refractivity (Wildman–Crippen MR) is 141 cm³/mol. The van der Waals surface area contributed by atoms with E-state index < -0.39 is 21.7 Å². The number of nitrogens with one attached hydrogen (secondary N) is 1. The molecule has 0 radical (unpaired) electrons. The summed E-state index contributed by atoms with van der Waals surface area (Å²) in [7, 11) is -1.06. The maximum Gasteiger partial charge on any atom is 0.267 e. The zero-order valence-corrected chi connectivity index (χ0v) is 22.0. The van der Waals surface area contributed by atoms with E-state index in [9.17, 15) is 17.2 Å². The first-order valence-corrected chi connectivity index (χ1v) is 13.1. The Balaban J connectivity index is 1.55. The fraction of sp³-hybridized carbons (Fsp3) is 0.185. The van der Waals surface area contributed by atoms with Crippen LogP contribution in [0.2, 0.25) is 0 Å². The summed E-state index contributed by atoms with van der Waals surface area (Å²) < 4.78 is 62.4. The number of halogens is 2. The number of benzene rings is 2. The Labute approximate surface area is 218 Å². The number of nitrogens with zero attached hydrogens (tertiary/aromatic N) is 4. The molecule has 0 atom stereocenters. The Kier molecular flexibility index (Phi) is 6.39. The number of hydrogen-bond donors (Lipinski definition) is 1. The summed E-state index contributed by atoms with van der Waals surface area (Å²) in [6.45, 7) is 3.91. The first-order chi connectivity index (χ1) is 18.1. The zero-order valence-electron chi connectivity index (χ0n) is 21.2. The summed E-state index contributed by atoms with van der Waals surface area (Å²) in [5.41, 5.74) is 4.49. The molecule has 5 aromatic rings. The van der Waals surface area contributed by atoms with Crippen LogP contribution in [0, 0.1) is 25.5 Å². The number of aromatic amines is 1. The van der Waals surface area contributed by atoms with Crippen LogP contribution in [0.5, 0.6) is 5.75 Å². The lowest BCUT2D eigenvalue weighted by atomic mass is 10.0. The van der Waals surface area contributed by atoms with Crippen LogP contribution in [0.15, 0.2) is 65.8 Å². The molecule has 8 nitrogen and oxygen atoms in total. The first kappa shape index (κ1) is 25.4. The van der Waals surface area contributed by atoms with Gasteiger partial charge in [0, 0.05) is 41.5 Å². The van der Waals surface area contributed by atoms with Gasteiger partial charge in [0.05, 0.1) is 31.2 Å². The molecule has 5 rings (SSSR count). The number of para-hydroxylation sites is 1. The van der Waals surface area contributed by atoms with Gasteiger partial charge in [-0.1, -0.05) is 12.1 Å². The fourth-order valence-electron chi connectivity index (χ4n) is 4.61. The number of sulfonamides is 1. The minimum Gasteiger partial charge on any atom is -0.495 e. The molecule has 0 fully saturated rings. The van der Waals surface area contributed by atoms with Gasteiger partial charge in [-0.05, 0) is 49.7 Å². The van der Waals surface area contributed by atoms with Crippen LogP contribution in [0.25, 0.3) is 22.2 Å². The normalized spacial score (nSPS) is 11.7. The number of aromatic nitrogens is 4.